The van der Waals surface area contributed by atoms with E-state index < -0.39 is 0 Å². The molecule has 0 unspecified atom stereocenters. The van der Waals surface area contributed by atoms with Crippen molar-refractivity contribution in [3.8, 4) is 11.5 Å². The van der Waals surface area contributed by atoms with Crippen molar-refractivity contribution in [3.63, 3.8) is 0 Å². The van der Waals surface area contributed by atoms with Crippen molar-refractivity contribution in [2.45, 2.75) is 6.42 Å². The number of nitrogens with one attached hydrogen (secondary N) is 2. The van der Waals surface area contributed by atoms with Crippen molar-refractivity contribution in [1.29, 1.82) is 0 Å². The Morgan fingerprint density at radius 3 is 2.56 bits per heavy atom. The lowest BCUT2D eigenvalue weighted by atomic mass is 10.1. The fourth-order valence-electron chi connectivity index (χ4n) is 2.86. The average Bonchev–Trinajstić information content (AvgIpc) is 2.67. The van der Waals surface area contributed by atoms with Crippen molar-refractivity contribution in [2.24, 2.45) is 0 Å². The zero-order chi connectivity index (χ0) is 19.4. The van der Waals surface area contributed by atoms with Gasteiger partial charge in [0.25, 0.3) is 11.5 Å². The Balaban J connectivity index is 1.80. The van der Waals surface area contributed by atoms with Crippen molar-refractivity contribution in [3.05, 3.63) is 69.0 Å². The van der Waals surface area contributed by atoms with Crippen LogP contribution >= 0.6 is 11.6 Å². The molecule has 1 amide bonds. The number of H-pyrrole nitrogens is 1. The molecule has 0 saturated carbocycles. The lowest BCUT2D eigenvalue weighted by Crippen LogP contribution is -2.27. The summed E-state index contributed by atoms with van der Waals surface area (Å²) in [6, 6.07) is 12.0. The normalized spacial score (nSPS) is 10.6. The predicted octanol–water partition coefficient (Wildman–Crippen LogP) is 3.17. The van der Waals surface area contributed by atoms with E-state index in [0.29, 0.717) is 46.1 Å². The van der Waals surface area contributed by atoms with Crippen LogP contribution in [0.1, 0.15) is 15.9 Å². The van der Waals surface area contributed by atoms with Crippen LogP contribution < -0.4 is 20.3 Å². The van der Waals surface area contributed by atoms with Crippen molar-refractivity contribution in [2.75, 3.05) is 20.8 Å². The summed E-state index contributed by atoms with van der Waals surface area (Å²) < 4.78 is 10.7. The topological polar surface area (TPSA) is 80.4 Å². The van der Waals surface area contributed by atoms with E-state index in [1.807, 2.05) is 0 Å². The number of aromatic amines is 1. The van der Waals surface area contributed by atoms with Gasteiger partial charge >= 0.3 is 0 Å². The lowest BCUT2D eigenvalue weighted by molar-refractivity contribution is 0.0954. The van der Waals surface area contributed by atoms with Gasteiger partial charge in [-0.05, 0) is 42.8 Å². The highest BCUT2D eigenvalue weighted by atomic mass is 35.5. The van der Waals surface area contributed by atoms with Gasteiger partial charge in [0, 0.05) is 28.1 Å². The average molecular weight is 387 g/mol. The summed E-state index contributed by atoms with van der Waals surface area (Å²) in [4.78, 5) is 27.4. The Hall–Kier alpha value is -2.99. The number of halogens is 1. The third kappa shape index (κ3) is 4.06. The van der Waals surface area contributed by atoms with E-state index in [9.17, 15) is 9.59 Å². The molecule has 0 saturated heterocycles. The number of carbonyl (C=O) groups is 1. The van der Waals surface area contributed by atoms with Gasteiger partial charge in [-0.2, -0.15) is 0 Å². The molecule has 3 rings (SSSR count). The van der Waals surface area contributed by atoms with E-state index in [-0.39, 0.29) is 11.5 Å². The van der Waals surface area contributed by atoms with E-state index in [4.69, 9.17) is 21.1 Å². The third-order valence-electron chi connectivity index (χ3n) is 4.22. The fraction of sp³-hybridized carbons (Fsp3) is 0.200. The van der Waals surface area contributed by atoms with Crippen molar-refractivity contribution in [1.82, 2.24) is 10.3 Å². The van der Waals surface area contributed by atoms with Crippen LogP contribution in [0.4, 0.5) is 0 Å². The molecule has 0 aliphatic carbocycles. The Bertz CT molecular complexity index is 1050. The number of benzene rings is 2. The van der Waals surface area contributed by atoms with E-state index in [0.717, 1.165) is 5.39 Å². The number of pyridine rings is 1. The predicted molar refractivity (Wildman–Crippen MR) is 105 cm³/mol. The summed E-state index contributed by atoms with van der Waals surface area (Å²) in [5, 5.41) is 4.03. The van der Waals surface area contributed by atoms with Crippen molar-refractivity contribution >= 4 is 28.4 Å². The lowest BCUT2D eigenvalue weighted by Gasteiger charge is -2.11. The van der Waals surface area contributed by atoms with Gasteiger partial charge in [0.15, 0.2) is 0 Å². The maximum Gasteiger partial charge on any atom is 0.251 e. The van der Waals surface area contributed by atoms with Gasteiger partial charge < -0.3 is 19.8 Å². The van der Waals surface area contributed by atoms with Gasteiger partial charge in [-0.25, -0.2) is 0 Å². The molecule has 6 nitrogen and oxygen atoms in total. The molecule has 0 bridgehead atoms. The number of aromatic nitrogens is 1. The smallest absolute Gasteiger partial charge is 0.251 e. The molecule has 0 atom stereocenters. The second-order valence-corrected chi connectivity index (χ2v) is 6.34. The third-order valence-corrected chi connectivity index (χ3v) is 4.46. The molecule has 140 valence electrons. The van der Waals surface area contributed by atoms with Gasteiger partial charge in [-0.15, -0.1) is 0 Å². The number of amides is 1. The molecule has 0 aliphatic heterocycles. The summed E-state index contributed by atoms with van der Waals surface area (Å²) in [7, 11) is 3.11. The monoisotopic (exact) mass is 386 g/mol. The minimum absolute atomic E-state index is 0.231. The van der Waals surface area contributed by atoms with Crippen LogP contribution in [0.2, 0.25) is 5.02 Å². The molecule has 2 aromatic carbocycles. The van der Waals surface area contributed by atoms with Crippen LogP contribution in [0.25, 0.3) is 10.9 Å². The quantitative estimate of drug-likeness (QED) is 0.681. The molecule has 1 heterocycles. The van der Waals surface area contributed by atoms with Gasteiger partial charge in [-0.1, -0.05) is 17.7 Å². The zero-order valence-electron chi connectivity index (χ0n) is 15.0. The van der Waals surface area contributed by atoms with Crippen LogP contribution in [-0.2, 0) is 6.42 Å². The fourth-order valence-corrected chi connectivity index (χ4v) is 3.05. The highest BCUT2D eigenvalue weighted by Gasteiger charge is 2.12. The molecule has 0 aliphatic rings. The molecule has 27 heavy (non-hydrogen) atoms. The summed E-state index contributed by atoms with van der Waals surface area (Å²) in [5.74, 6) is 0.948. The number of hydrogen-bond donors (Lipinski definition) is 2. The minimum atomic E-state index is -0.242. The molecule has 0 fully saturated rings. The number of methoxy groups -OCH3 is 2. The molecule has 1 aromatic heterocycles. The van der Waals surface area contributed by atoms with Gasteiger partial charge in [0.1, 0.15) is 11.5 Å². The zero-order valence-corrected chi connectivity index (χ0v) is 15.7. The number of fused-ring (bicyclic) bond motifs is 1. The van der Waals surface area contributed by atoms with Crippen LogP contribution in [0, 0.1) is 0 Å². The van der Waals surface area contributed by atoms with Crippen LogP contribution in [0.5, 0.6) is 11.5 Å². The summed E-state index contributed by atoms with van der Waals surface area (Å²) in [6.07, 6.45) is 0.373. The first-order chi connectivity index (χ1) is 13.0. The number of carbonyl (C=O) groups excluding carboxylic acids is 1. The first kappa shape index (κ1) is 18.8. The molecule has 2 N–H and O–H groups in total. The molecule has 7 heteroatoms. The molecule has 0 radical (unpaired) electrons. The summed E-state index contributed by atoms with van der Waals surface area (Å²) in [5.41, 5.74) is 1.36. The molecular weight excluding hydrogens is 368 g/mol. The van der Waals surface area contributed by atoms with Crippen LogP contribution in [0.15, 0.2) is 47.3 Å². The van der Waals surface area contributed by atoms with Crippen LogP contribution in [-0.4, -0.2) is 31.7 Å². The summed E-state index contributed by atoms with van der Waals surface area (Å²) >= 11 is 5.90. The van der Waals surface area contributed by atoms with Gasteiger partial charge in [0.05, 0.1) is 19.7 Å². The number of hydrogen-bond acceptors (Lipinski definition) is 4. The first-order valence-electron chi connectivity index (χ1n) is 8.34. The maximum absolute atomic E-state index is 12.4. The Morgan fingerprint density at radius 2 is 1.85 bits per heavy atom. The van der Waals surface area contributed by atoms with E-state index in [1.165, 1.54) is 0 Å². The molecular formula is C20H19ClN2O4. The van der Waals surface area contributed by atoms with Gasteiger partial charge in [-0.3, -0.25) is 9.59 Å². The molecule has 0 spiro atoms. The number of ether oxygens (including phenoxy) is 2. The van der Waals surface area contributed by atoms with Crippen molar-refractivity contribution < 1.29 is 14.3 Å². The largest absolute Gasteiger partial charge is 0.496 e. The van der Waals surface area contributed by atoms with Gasteiger partial charge in [0.2, 0.25) is 0 Å². The highest BCUT2D eigenvalue weighted by Crippen LogP contribution is 2.31. The number of rotatable bonds is 6. The summed E-state index contributed by atoms with van der Waals surface area (Å²) in [6.45, 7) is 0.312. The Morgan fingerprint density at radius 1 is 1.11 bits per heavy atom. The Kier molecular flexibility index (Phi) is 5.66. The standard InChI is InChI=1S/C20H19ClN2O4/c1-26-16-6-7-17(27-2)18-15(16)11-13(20(25)23-18)8-9-22-19(24)12-4-3-5-14(21)10-12/h3-7,10-11H,8-9H2,1-2H3,(H,22,24)(H,23,25). The Labute approximate surface area is 161 Å². The van der Waals surface area contributed by atoms with Crippen LogP contribution in [0.3, 0.4) is 0 Å². The highest BCUT2D eigenvalue weighted by molar-refractivity contribution is 6.30. The SMILES string of the molecule is COc1ccc(OC)c2[nH]c(=O)c(CCNC(=O)c3cccc(Cl)c3)cc12. The second-order valence-electron chi connectivity index (χ2n) is 5.90. The maximum atomic E-state index is 12.4. The van der Waals surface area contributed by atoms with E-state index >= 15 is 0 Å². The second kappa shape index (κ2) is 8.14. The molecule has 3 aromatic rings. The van der Waals surface area contributed by atoms with E-state index in [2.05, 4.69) is 10.3 Å². The van der Waals surface area contributed by atoms with E-state index in [1.54, 1.807) is 56.7 Å². The minimum Gasteiger partial charge on any atom is -0.496 e. The first-order valence-corrected chi connectivity index (χ1v) is 8.72.